The number of rotatable bonds is 1. The zero-order valence-electron chi connectivity index (χ0n) is 12.1. The summed E-state index contributed by atoms with van der Waals surface area (Å²) in [7, 11) is 0. The van der Waals surface area contributed by atoms with E-state index in [4.69, 9.17) is 0 Å². The lowest BCUT2D eigenvalue weighted by molar-refractivity contribution is 0.150. The third-order valence-electron chi connectivity index (χ3n) is 5.14. The Kier molecular flexibility index (Phi) is 3.93. The van der Waals surface area contributed by atoms with E-state index in [2.05, 4.69) is 25.1 Å². The van der Waals surface area contributed by atoms with Gasteiger partial charge in [-0.15, -0.1) is 0 Å². The summed E-state index contributed by atoms with van der Waals surface area (Å²) in [6.45, 7) is 2.26. The highest BCUT2D eigenvalue weighted by Crippen LogP contribution is 2.37. The average Bonchev–Trinajstić information content (AvgIpc) is 2.59. The van der Waals surface area contributed by atoms with Crippen LogP contribution in [0.2, 0.25) is 0 Å². The van der Waals surface area contributed by atoms with Crippen LogP contribution in [0.5, 0.6) is 0 Å². The Bertz CT molecular complexity index is 431. The minimum atomic E-state index is -0.240. The Morgan fingerprint density at radius 3 is 2.63 bits per heavy atom. The van der Waals surface area contributed by atoms with Crippen molar-refractivity contribution in [3.05, 3.63) is 34.9 Å². The number of aryl methyl sites for hydroxylation is 1. The van der Waals surface area contributed by atoms with Crippen molar-refractivity contribution in [1.82, 2.24) is 0 Å². The van der Waals surface area contributed by atoms with Crippen molar-refractivity contribution < 1.29 is 5.11 Å². The third kappa shape index (κ3) is 2.86. The standard InChI is InChI=1S/C18H26O/c1-13-7-8-15-9-10-16(12-17(15)18(19)11-13)14-5-3-2-4-6-14/h9-10,12-14,18-19H,2-8,11H2,1H3. The smallest absolute Gasteiger partial charge is 0.0795 e. The second-order valence-corrected chi connectivity index (χ2v) is 6.69. The van der Waals surface area contributed by atoms with Crippen molar-refractivity contribution in [2.24, 2.45) is 5.92 Å². The van der Waals surface area contributed by atoms with Crippen LogP contribution >= 0.6 is 0 Å². The van der Waals surface area contributed by atoms with E-state index in [1.165, 1.54) is 55.2 Å². The summed E-state index contributed by atoms with van der Waals surface area (Å²) in [5, 5.41) is 10.4. The SMILES string of the molecule is CC1CCc2ccc(C3CCCCC3)cc2C(O)C1. The molecule has 0 radical (unpaired) electrons. The first-order valence-electron chi connectivity index (χ1n) is 8.05. The topological polar surface area (TPSA) is 20.2 Å². The van der Waals surface area contributed by atoms with Gasteiger partial charge in [0.25, 0.3) is 0 Å². The van der Waals surface area contributed by atoms with E-state index in [1.807, 2.05) is 0 Å². The van der Waals surface area contributed by atoms with Crippen LogP contribution < -0.4 is 0 Å². The zero-order valence-corrected chi connectivity index (χ0v) is 12.1. The van der Waals surface area contributed by atoms with Crippen LogP contribution in [0.25, 0.3) is 0 Å². The highest BCUT2D eigenvalue weighted by atomic mass is 16.3. The third-order valence-corrected chi connectivity index (χ3v) is 5.14. The number of fused-ring (bicyclic) bond motifs is 1. The van der Waals surface area contributed by atoms with E-state index in [0.717, 1.165) is 18.8 Å². The lowest BCUT2D eigenvalue weighted by atomic mass is 9.82. The molecule has 2 atom stereocenters. The molecule has 104 valence electrons. The molecule has 1 saturated carbocycles. The fourth-order valence-electron chi connectivity index (χ4n) is 3.87. The van der Waals surface area contributed by atoms with Gasteiger partial charge >= 0.3 is 0 Å². The molecule has 0 amide bonds. The van der Waals surface area contributed by atoms with E-state index in [9.17, 15) is 5.11 Å². The summed E-state index contributed by atoms with van der Waals surface area (Å²) in [6, 6.07) is 6.95. The number of hydrogen-bond donors (Lipinski definition) is 1. The molecule has 2 aliphatic carbocycles. The van der Waals surface area contributed by atoms with Gasteiger partial charge in [-0.2, -0.15) is 0 Å². The molecule has 1 nitrogen and oxygen atoms in total. The second kappa shape index (κ2) is 5.66. The van der Waals surface area contributed by atoms with Gasteiger partial charge in [0.2, 0.25) is 0 Å². The molecule has 0 aliphatic heterocycles. The van der Waals surface area contributed by atoms with Crippen molar-refractivity contribution in [3.63, 3.8) is 0 Å². The predicted molar refractivity (Wildman–Crippen MR) is 79.3 cm³/mol. The minimum Gasteiger partial charge on any atom is -0.388 e. The molecule has 2 aliphatic rings. The lowest BCUT2D eigenvalue weighted by Crippen LogP contribution is -2.07. The van der Waals surface area contributed by atoms with Gasteiger partial charge in [-0.1, -0.05) is 44.4 Å². The maximum Gasteiger partial charge on any atom is 0.0795 e. The number of hydrogen-bond acceptors (Lipinski definition) is 1. The van der Waals surface area contributed by atoms with Crippen molar-refractivity contribution in [2.45, 2.75) is 70.3 Å². The molecule has 0 aromatic heterocycles. The van der Waals surface area contributed by atoms with E-state index in [0.29, 0.717) is 5.92 Å². The van der Waals surface area contributed by atoms with Crippen LogP contribution in [-0.4, -0.2) is 5.11 Å². The van der Waals surface area contributed by atoms with Gasteiger partial charge in [0.05, 0.1) is 6.10 Å². The second-order valence-electron chi connectivity index (χ2n) is 6.69. The summed E-state index contributed by atoms with van der Waals surface area (Å²) < 4.78 is 0. The highest BCUT2D eigenvalue weighted by molar-refractivity contribution is 5.36. The van der Waals surface area contributed by atoms with E-state index in [-0.39, 0.29) is 6.10 Å². The largest absolute Gasteiger partial charge is 0.388 e. The van der Waals surface area contributed by atoms with Crippen LogP contribution in [0.4, 0.5) is 0 Å². The van der Waals surface area contributed by atoms with Gasteiger partial charge < -0.3 is 5.11 Å². The van der Waals surface area contributed by atoms with Gasteiger partial charge in [-0.05, 0) is 60.6 Å². The molecule has 0 bridgehead atoms. The van der Waals surface area contributed by atoms with Crippen LogP contribution in [0, 0.1) is 5.92 Å². The van der Waals surface area contributed by atoms with Gasteiger partial charge in [0.1, 0.15) is 0 Å². The summed E-state index contributed by atoms with van der Waals surface area (Å²) >= 11 is 0. The van der Waals surface area contributed by atoms with Crippen LogP contribution in [0.3, 0.4) is 0 Å². The molecule has 1 aromatic rings. The van der Waals surface area contributed by atoms with Gasteiger partial charge in [-0.3, -0.25) is 0 Å². The molecule has 1 aromatic carbocycles. The highest BCUT2D eigenvalue weighted by Gasteiger charge is 2.23. The van der Waals surface area contributed by atoms with Gasteiger partial charge in [-0.25, -0.2) is 0 Å². The predicted octanol–water partition coefficient (Wildman–Crippen LogP) is 4.74. The number of benzene rings is 1. The molecule has 0 saturated heterocycles. The molecule has 1 heteroatoms. The van der Waals surface area contributed by atoms with E-state index >= 15 is 0 Å². The first-order valence-corrected chi connectivity index (χ1v) is 8.05. The van der Waals surface area contributed by atoms with Crippen molar-refractivity contribution in [2.75, 3.05) is 0 Å². The van der Waals surface area contributed by atoms with Gasteiger partial charge in [0, 0.05) is 0 Å². The fourth-order valence-corrected chi connectivity index (χ4v) is 3.87. The molecular formula is C18H26O. The summed E-state index contributed by atoms with van der Waals surface area (Å²) in [4.78, 5) is 0. The molecular weight excluding hydrogens is 232 g/mol. The molecule has 1 N–H and O–H groups in total. The Morgan fingerprint density at radius 2 is 1.84 bits per heavy atom. The molecule has 2 unspecified atom stereocenters. The molecule has 0 spiro atoms. The summed E-state index contributed by atoms with van der Waals surface area (Å²) in [6.07, 6.45) is 9.88. The van der Waals surface area contributed by atoms with Crippen LogP contribution in [0.15, 0.2) is 18.2 Å². The maximum atomic E-state index is 10.4. The zero-order chi connectivity index (χ0) is 13.2. The Labute approximate surface area is 117 Å². The fraction of sp³-hybridized carbons (Fsp3) is 0.667. The first-order chi connectivity index (χ1) is 9.24. The molecule has 1 fully saturated rings. The average molecular weight is 258 g/mol. The van der Waals surface area contributed by atoms with Crippen LogP contribution in [0.1, 0.15) is 80.6 Å². The Hall–Kier alpha value is -0.820. The summed E-state index contributed by atoms with van der Waals surface area (Å²) in [5.41, 5.74) is 4.09. The first kappa shape index (κ1) is 13.2. The number of aliphatic hydroxyl groups is 1. The molecule has 3 rings (SSSR count). The monoisotopic (exact) mass is 258 g/mol. The van der Waals surface area contributed by atoms with Crippen molar-refractivity contribution in [1.29, 1.82) is 0 Å². The molecule has 19 heavy (non-hydrogen) atoms. The van der Waals surface area contributed by atoms with Crippen LogP contribution in [-0.2, 0) is 6.42 Å². The Balaban J connectivity index is 1.87. The molecule has 0 heterocycles. The normalized spacial score (nSPS) is 28.7. The van der Waals surface area contributed by atoms with Gasteiger partial charge in [0.15, 0.2) is 0 Å². The quantitative estimate of drug-likeness (QED) is 0.721. The van der Waals surface area contributed by atoms with E-state index < -0.39 is 0 Å². The Morgan fingerprint density at radius 1 is 1.05 bits per heavy atom. The van der Waals surface area contributed by atoms with E-state index in [1.54, 1.807) is 0 Å². The lowest BCUT2D eigenvalue weighted by Gasteiger charge is -2.24. The van der Waals surface area contributed by atoms with Crippen molar-refractivity contribution in [3.8, 4) is 0 Å². The number of aliphatic hydroxyl groups excluding tert-OH is 1. The van der Waals surface area contributed by atoms with Crippen molar-refractivity contribution >= 4 is 0 Å². The summed E-state index contributed by atoms with van der Waals surface area (Å²) in [5.74, 6) is 1.38. The minimum absolute atomic E-state index is 0.240. The maximum absolute atomic E-state index is 10.4.